The van der Waals surface area contributed by atoms with Crippen LogP contribution in [-0.2, 0) is 0 Å². The van der Waals surface area contributed by atoms with Gasteiger partial charge in [-0.2, -0.15) is 14.9 Å². The number of phenols is 1. The SMILES string of the molecule is COc1cc(/C=N/n2c(-c3ccccc3F)n[nH]c2=S)ccc1O. The van der Waals surface area contributed by atoms with E-state index < -0.39 is 5.82 Å². The number of hydrogen-bond acceptors (Lipinski definition) is 5. The van der Waals surface area contributed by atoms with E-state index in [2.05, 4.69) is 15.3 Å². The molecule has 8 heteroatoms. The van der Waals surface area contributed by atoms with E-state index in [9.17, 15) is 9.50 Å². The Morgan fingerprint density at radius 2 is 2.12 bits per heavy atom. The maximum atomic E-state index is 14.0. The predicted octanol–water partition coefficient (Wildman–Crippen LogP) is 3.34. The Labute approximate surface area is 141 Å². The minimum absolute atomic E-state index is 0.0293. The van der Waals surface area contributed by atoms with E-state index in [4.69, 9.17) is 17.0 Å². The van der Waals surface area contributed by atoms with Gasteiger partial charge in [-0.05, 0) is 48.1 Å². The van der Waals surface area contributed by atoms with Crippen LogP contribution in [0.25, 0.3) is 11.4 Å². The number of nitrogens with one attached hydrogen (secondary N) is 1. The molecule has 0 aliphatic heterocycles. The van der Waals surface area contributed by atoms with E-state index in [1.165, 1.54) is 30.1 Å². The van der Waals surface area contributed by atoms with Gasteiger partial charge in [-0.3, -0.25) is 0 Å². The Morgan fingerprint density at radius 3 is 2.88 bits per heavy atom. The number of halogens is 1. The lowest BCUT2D eigenvalue weighted by Gasteiger charge is -2.04. The number of benzene rings is 2. The van der Waals surface area contributed by atoms with E-state index in [1.807, 2.05) is 0 Å². The second-order valence-corrected chi connectivity index (χ2v) is 5.21. The minimum atomic E-state index is -0.422. The number of rotatable bonds is 4. The molecule has 3 aromatic rings. The number of aromatic amines is 1. The molecule has 2 aromatic carbocycles. The molecule has 0 saturated carbocycles. The van der Waals surface area contributed by atoms with E-state index in [0.717, 1.165) is 0 Å². The summed E-state index contributed by atoms with van der Waals surface area (Å²) in [7, 11) is 1.46. The maximum Gasteiger partial charge on any atom is 0.216 e. The summed E-state index contributed by atoms with van der Waals surface area (Å²) in [6, 6.07) is 11.0. The lowest BCUT2D eigenvalue weighted by molar-refractivity contribution is 0.373. The first-order chi connectivity index (χ1) is 11.6. The van der Waals surface area contributed by atoms with Crippen LogP contribution in [-0.4, -0.2) is 33.3 Å². The van der Waals surface area contributed by atoms with E-state index >= 15 is 0 Å². The van der Waals surface area contributed by atoms with Crippen molar-refractivity contribution in [1.29, 1.82) is 0 Å². The number of phenolic OH excluding ortho intramolecular Hbond substituents is 1. The standard InChI is InChI=1S/C16H13FN4O2S/c1-23-14-8-10(6-7-13(14)22)9-18-21-15(19-20-16(21)24)11-4-2-3-5-12(11)17/h2-9,22H,1H3,(H,20,24)/b18-9+. The fraction of sp³-hybridized carbons (Fsp3) is 0.0625. The van der Waals surface area contributed by atoms with Gasteiger partial charge in [-0.15, -0.1) is 0 Å². The van der Waals surface area contributed by atoms with Crippen molar-refractivity contribution in [2.24, 2.45) is 5.10 Å². The van der Waals surface area contributed by atoms with Crippen molar-refractivity contribution in [3.05, 3.63) is 58.6 Å². The third-order valence-corrected chi connectivity index (χ3v) is 3.56. The van der Waals surface area contributed by atoms with Crippen molar-refractivity contribution in [1.82, 2.24) is 14.9 Å². The summed E-state index contributed by atoms with van der Waals surface area (Å²) in [6.45, 7) is 0. The molecule has 1 aromatic heterocycles. The van der Waals surface area contributed by atoms with Gasteiger partial charge in [0.25, 0.3) is 0 Å². The molecule has 0 radical (unpaired) electrons. The Bertz CT molecular complexity index is 965. The van der Waals surface area contributed by atoms with Crippen molar-refractivity contribution in [2.75, 3.05) is 7.11 Å². The number of aromatic nitrogens is 3. The van der Waals surface area contributed by atoms with E-state index in [1.54, 1.807) is 30.3 Å². The van der Waals surface area contributed by atoms with Gasteiger partial charge in [-0.1, -0.05) is 12.1 Å². The second kappa shape index (κ2) is 6.63. The van der Waals surface area contributed by atoms with Crippen LogP contribution in [0.5, 0.6) is 11.5 Å². The normalized spacial score (nSPS) is 11.1. The Hall–Kier alpha value is -3.00. The fourth-order valence-electron chi connectivity index (χ4n) is 2.11. The highest BCUT2D eigenvalue weighted by Gasteiger charge is 2.12. The molecule has 0 spiro atoms. The van der Waals surface area contributed by atoms with Gasteiger partial charge in [0.1, 0.15) is 5.82 Å². The van der Waals surface area contributed by atoms with E-state index in [-0.39, 0.29) is 21.9 Å². The molecular formula is C16H13FN4O2S. The molecule has 24 heavy (non-hydrogen) atoms. The zero-order valence-corrected chi connectivity index (χ0v) is 13.4. The van der Waals surface area contributed by atoms with Crippen LogP contribution < -0.4 is 4.74 Å². The first-order valence-corrected chi connectivity index (χ1v) is 7.34. The lowest BCUT2D eigenvalue weighted by Crippen LogP contribution is -1.97. The Balaban J connectivity index is 2.01. The summed E-state index contributed by atoms with van der Waals surface area (Å²) in [4.78, 5) is 0. The molecule has 0 fully saturated rings. The summed E-state index contributed by atoms with van der Waals surface area (Å²) in [5, 5.41) is 20.5. The molecule has 0 aliphatic rings. The van der Waals surface area contributed by atoms with E-state index in [0.29, 0.717) is 11.3 Å². The molecule has 6 nitrogen and oxygen atoms in total. The quantitative estimate of drug-likeness (QED) is 0.562. The van der Waals surface area contributed by atoms with Crippen molar-refractivity contribution in [3.63, 3.8) is 0 Å². The second-order valence-electron chi connectivity index (χ2n) is 4.82. The average molecular weight is 344 g/mol. The van der Waals surface area contributed by atoms with Crippen LogP contribution in [0, 0.1) is 10.6 Å². The lowest BCUT2D eigenvalue weighted by atomic mass is 10.2. The topological polar surface area (TPSA) is 75.4 Å². The van der Waals surface area contributed by atoms with Gasteiger partial charge >= 0.3 is 0 Å². The van der Waals surface area contributed by atoms with Gasteiger partial charge < -0.3 is 9.84 Å². The third kappa shape index (κ3) is 3.04. The van der Waals surface area contributed by atoms with Crippen molar-refractivity contribution in [3.8, 4) is 22.9 Å². The first kappa shape index (κ1) is 15.9. The molecule has 2 N–H and O–H groups in total. The highest BCUT2D eigenvalue weighted by atomic mass is 32.1. The molecule has 122 valence electrons. The summed E-state index contributed by atoms with van der Waals surface area (Å²) in [5.74, 6) is 0.194. The summed E-state index contributed by atoms with van der Waals surface area (Å²) in [6.07, 6.45) is 1.51. The number of hydrogen-bond donors (Lipinski definition) is 2. The van der Waals surface area contributed by atoms with Crippen LogP contribution in [0.15, 0.2) is 47.6 Å². The van der Waals surface area contributed by atoms with Crippen LogP contribution in [0.4, 0.5) is 4.39 Å². The summed E-state index contributed by atoms with van der Waals surface area (Å²) < 4.78 is 20.6. The molecule has 0 bridgehead atoms. The zero-order chi connectivity index (χ0) is 17.1. The van der Waals surface area contributed by atoms with Crippen LogP contribution in [0.1, 0.15) is 5.56 Å². The Kier molecular flexibility index (Phi) is 4.39. The molecular weight excluding hydrogens is 331 g/mol. The van der Waals surface area contributed by atoms with Gasteiger partial charge in [0.05, 0.1) is 18.9 Å². The summed E-state index contributed by atoms with van der Waals surface area (Å²) >= 11 is 5.14. The number of nitrogens with zero attached hydrogens (tertiary/aromatic N) is 3. The number of aromatic hydroxyl groups is 1. The fourth-order valence-corrected chi connectivity index (χ4v) is 2.29. The zero-order valence-electron chi connectivity index (χ0n) is 12.6. The van der Waals surface area contributed by atoms with Crippen LogP contribution in [0.2, 0.25) is 0 Å². The molecule has 0 unspecified atom stereocenters. The highest BCUT2D eigenvalue weighted by molar-refractivity contribution is 7.71. The molecule has 1 heterocycles. The molecule has 3 rings (SSSR count). The average Bonchev–Trinajstić information content (AvgIpc) is 2.95. The molecule has 0 aliphatic carbocycles. The number of ether oxygens (including phenoxy) is 1. The molecule has 0 amide bonds. The number of H-pyrrole nitrogens is 1. The Morgan fingerprint density at radius 1 is 1.33 bits per heavy atom. The van der Waals surface area contributed by atoms with Crippen LogP contribution >= 0.6 is 12.2 Å². The summed E-state index contributed by atoms with van der Waals surface area (Å²) in [5.41, 5.74) is 0.956. The van der Waals surface area contributed by atoms with Gasteiger partial charge in [-0.25, -0.2) is 9.49 Å². The van der Waals surface area contributed by atoms with Crippen LogP contribution in [0.3, 0.4) is 0 Å². The number of methoxy groups -OCH3 is 1. The molecule has 0 atom stereocenters. The third-order valence-electron chi connectivity index (χ3n) is 3.29. The van der Waals surface area contributed by atoms with Gasteiger partial charge in [0.2, 0.25) is 4.77 Å². The maximum absolute atomic E-state index is 14.0. The van der Waals surface area contributed by atoms with Gasteiger partial charge in [0.15, 0.2) is 17.3 Å². The largest absolute Gasteiger partial charge is 0.504 e. The monoisotopic (exact) mass is 344 g/mol. The first-order valence-electron chi connectivity index (χ1n) is 6.94. The highest BCUT2D eigenvalue weighted by Crippen LogP contribution is 2.26. The smallest absolute Gasteiger partial charge is 0.216 e. The van der Waals surface area contributed by atoms with Crippen molar-refractivity contribution < 1.29 is 14.2 Å². The van der Waals surface area contributed by atoms with Gasteiger partial charge in [0, 0.05) is 0 Å². The predicted molar refractivity (Wildman–Crippen MR) is 90.5 cm³/mol. The van der Waals surface area contributed by atoms with Crippen molar-refractivity contribution in [2.45, 2.75) is 0 Å². The van der Waals surface area contributed by atoms with Crippen molar-refractivity contribution >= 4 is 18.4 Å². The molecule has 0 saturated heterocycles. The minimum Gasteiger partial charge on any atom is -0.504 e.